The molecule has 1 amide bonds. The van der Waals surface area contributed by atoms with Crippen LogP contribution in [0.4, 0.5) is 5.69 Å². The van der Waals surface area contributed by atoms with E-state index >= 15 is 0 Å². The molecule has 3 rings (SSSR count). The first-order valence-electron chi connectivity index (χ1n) is 9.72. The van der Waals surface area contributed by atoms with Crippen molar-refractivity contribution in [2.75, 3.05) is 25.0 Å². The second kappa shape index (κ2) is 9.99. The zero-order valence-corrected chi connectivity index (χ0v) is 19.2. The first kappa shape index (κ1) is 23.5. The normalized spacial score (nSPS) is 14.8. The summed E-state index contributed by atoms with van der Waals surface area (Å²) in [6.45, 7) is 2.01. The van der Waals surface area contributed by atoms with Crippen LogP contribution in [0.25, 0.3) is 0 Å². The number of sulfonamides is 1. The number of aryl methyl sites for hydroxylation is 1. The summed E-state index contributed by atoms with van der Waals surface area (Å²) in [4.78, 5) is 24.6. The molecule has 1 N–H and O–H groups in total. The van der Waals surface area contributed by atoms with E-state index in [1.165, 1.54) is 16.4 Å². The Morgan fingerprint density at radius 1 is 1.06 bits per heavy atom. The summed E-state index contributed by atoms with van der Waals surface area (Å²) < 4.78 is 32.5. The number of rotatable bonds is 6. The van der Waals surface area contributed by atoms with Gasteiger partial charge in [0.2, 0.25) is 10.0 Å². The van der Waals surface area contributed by atoms with Gasteiger partial charge < -0.3 is 10.1 Å². The van der Waals surface area contributed by atoms with Crippen molar-refractivity contribution in [2.45, 2.75) is 31.1 Å². The molecular formula is C21H22Cl2N2O5S. The number of hydrogen-bond donors (Lipinski definition) is 1. The number of benzene rings is 2. The third kappa shape index (κ3) is 5.57. The first-order valence-corrected chi connectivity index (χ1v) is 11.9. The molecule has 0 unspecified atom stereocenters. The van der Waals surface area contributed by atoms with Crippen LogP contribution in [-0.2, 0) is 19.6 Å². The Bertz CT molecular complexity index is 1080. The summed E-state index contributed by atoms with van der Waals surface area (Å²) >= 11 is 12.0. The number of carbonyl (C=O) groups excluding carboxylic acids is 2. The van der Waals surface area contributed by atoms with Crippen molar-refractivity contribution in [3.63, 3.8) is 0 Å². The summed E-state index contributed by atoms with van der Waals surface area (Å²) in [6.07, 6.45) is 2.62. The predicted octanol–water partition coefficient (Wildman–Crippen LogP) is 4.27. The Morgan fingerprint density at radius 2 is 1.71 bits per heavy atom. The molecule has 166 valence electrons. The lowest BCUT2D eigenvalue weighted by Crippen LogP contribution is -2.36. The van der Waals surface area contributed by atoms with Gasteiger partial charge in [0.05, 0.1) is 26.2 Å². The summed E-state index contributed by atoms with van der Waals surface area (Å²) in [5.74, 6) is -1.44. The Balaban J connectivity index is 1.69. The largest absolute Gasteiger partial charge is 0.452 e. The van der Waals surface area contributed by atoms with Crippen molar-refractivity contribution >= 4 is 50.8 Å². The highest BCUT2D eigenvalue weighted by Crippen LogP contribution is 2.29. The quantitative estimate of drug-likeness (QED) is 0.617. The van der Waals surface area contributed by atoms with Gasteiger partial charge in [-0.05, 0) is 49.6 Å². The van der Waals surface area contributed by atoms with Crippen LogP contribution < -0.4 is 5.32 Å². The van der Waals surface area contributed by atoms with E-state index < -0.39 is 28.5 Å². The lowest BCUT2D eigenvalue weighted by molar-refractivity contribution is -0.119. The number of anilines is 1. The van der Waals surface area contributed by atoms with Crippen LogP contribution in [0.2, 0.25) is 10.0 Å². The van der Waals surface area contributed by atoms with Crippen molar-refractivity contribution in [1.29, 1.82) is 0 Å². The summed E-state index contributed by atoms with van der Waals surface area (Å²) in [5, 5.41) is 2.99. The number of nitrogens with zero attached hydrogens (tertiary/aromatic N) is 1. The number of amides is 1. The minimum atomic E-state index is -3.71. The molecule has 0 saturated carbocycles. The Kier molecular flexibility index (Phi) is 7.59. The molecule has 0 aliphatic carbocycles. The predicted molar refractivity (Wildman–Crippen MR) is 119 cm³/mol. The molecular weight excluding hydrogens is 463 g/mol. The van der Waals surface area contributed by atoms with Gasteiger partial charge in [-0.3, -0.25) is 4.79 Å². The molecule has 10 heteroatoms. The average molecular weight is 485 g/mol. The highest BCUT2D eigenvalue weighted by Gasteiger charge is 2.28. The number of esters is 1. The Labute approximate surface area is 191 Å². The van der Waals surface area contributed by atoms with Crippen molar-refractivity contribution in [2.24, 2.45) is 0 Å². The van der Waals surface area contributed by atoms with Gasteiger partial charge in [-0.2, -0.15) is 4.31 Å². The molecule has 7 nitrogen and oxygen atoms in total. The van der Waals surface area contributed by atoms with Crippen LogP contribution >= 0.6 is 23.2 Å². The molecule has 0 spiro atoms. The van der Waals surface area contributed by atoms with E-state index in [1.807, 2.05) is 0 Å². The van der Waals surface area contributed by atoms with Gasteiger partial charge in [-0.25, -0.2) is 13.2 Å². The summed E-state index contributed by atoms with van der Waals surface area (Å²) in [6, 6.07) is 9.07. The van der Waals surface area contributed by atoms with Gasteiger partial charge >= 0.3 is 5.97 Å². The Hall–Kier alpha value is -2.13. The van der Waals surface area contributed by atoms with Crippen molar-refractivity contribution in [3.8, 4) is 0 Å². The number of nitrogens with one attached hydrogen (secondary N) is 1. The second-order valence-corrected chi connectivity index (χ2v) is 9.89. The molecule has 0 bridgehead atoms. The van der Waals surface area contributed by atoms with Gasteiger partial charge in [0, 0.05) is 13.1 Å². The minimum absolute atomic E-state index is 0.0461. The van der Waals surface area contributed by atoms with Crippen LogP contribution in [0.5, 0.6) is 0 Å². The highest BCUT2D eigenvalue weighted by atomic mass is 35.5. The maximum atomic E-state index is 13.0. The standard InChI is InChI=1S/C21H22Cl2N2O5S/c1-14-8-9-15(12-18(14)31(28,29)25-10-3-2-4-11-25)21(27)30-13-19(26)24-20-16(22)6-5-7-17(20)23/h5-9,12H,2-4,10-11,13H2,1H3,(H,24,26). The van der Waals surface area contributed by atoms with E-state index in [9.17, 15) is 18.0 Å². The van der Waals surface area contributed by atoms with E-state index in [1.54, 1.807) is 31.2 Å². The molecule has 2 aromatic carbocycles. The van der Waals surface area contributed by atoms with Gasteiger partial charge in [0.1, 0.15) is 0 Å². The lowest BCUT2D eigenvalue weighted by Gasteiger charge is -2.26. The maximum Gasteiger partial charge on any atom is 0.338 e. The second-order valence-electron chi connectivity index (χ2n) is 7.17. The maximum absolute atomic E-state index is 13.0. The number of piperidine rings is 1. The van der Waals surface area contributed by atoms with Gasteiger partial charge in [-0.1, -0.05) is 41.8 Å². The van der Waals surface area contributed by atoms with Crippen molar-refractivity contribution in [3.05, 3.63) is 57.6 Å². The Morgan fingerprint density at radius 3 is 2.35 bits per heavy atom. The van der Waals surface area contributed by atoms with E-state index in [0.717, 1.165) is 19.3 Å². The smallest absolute Gasteiger partial charge is 0.338 e. The number of para-hydroxylation sites is 1. The molecule has 2 aromatic rings. The third-order valence-electron chi connectivity index (χ3n) is 4.92. The van der Waals surface area contributed by atoms with Crippen LogP contribution in [0.15, 0.2) is 41.3 Å². The highest BCUT2D eigenvalue weighted by molar-refractivity contribution is 7.89. The molecule has 0 aromatic heterocycles. The van der Waals surface area contributed by atoms with Crippen molar-refractivity contribution in [1.82, 2.24) is 4.31 Å². The first-order chi connectivity index (χ1) is 14.7. The van der Waals surface area contributed by atoms with E-state index in [4.69, 9.17) is 27.9 Å². The molecule has 1 aliphatic heterocycles. The summed E-state index contributed by atoms with van der Waals surface area (Å²) in [5.41, 5.74) is 0.801. The molecule has 1 fully saturated rings. The fraction of sp³-hybridized carbons (Fsp3) is 0.333. The number of hydrogen-bond acceptors (Lipinski definition) is 5. The SMILES string of the molecule is Cc1ccc(C(=O)OCC(=O)Nc2c(Cl)cccc2Cl)cc1S(=O)(=O)N1CCCCC1. The van der Waals surface area contributed by atoms with Crippen LogP contribution in [0.3, 0.4) is 0 Å². The number of ether oxygens (including phenoxy) is 1. The van der Waals surface area contributed by atoms with Gasteiger partial charge in [0.25, 0.3) is 5.91 Å². The molecule has 1 saturated heterocycles. The lowest BCUT2D eigenvalue weighted by atomic mass is 10.1. The average Bonchev–Trinajstić information content (AvgIpc) is 2.75. The minimum Gasteiger partial charge on any atom is -0.452 e. The third-order valence-corrected chi connectivity index (χ3v) is 7.59. The fourth-order valence-corrected chi connectivity index (χ4v) is 5.52. The van der Waals surface area contributed by atoms with Crippen LogP contribution in [0, 0.1) is 6.92 Å². The monoisotopic (exact) mass is 484 g/mol. The summed E-state index contributed by atoms with van der Waals surface area (Å²) in [7, 11) is -3.71. The van der Waals surface area contributed by atoms with Crippen LogP contribution in [0.1, 0.15) is 35.2 Å². The number of halogens is 2. The van der Waals surface area contributed by atoms with Crippen LogP contribution in [-0.4, -0.2) is 44.3 Å². The zero-order chi connectivity index (χ0) is 22.6. The molecule has 0 radical (unpaired) electrons. The molecule has 31 heavy (non-hydrogen) atoms. The molecule has 0 atom stereocenters. The van der Waals surface area contributed by atoms with Gasteiger partial charge in [0.15, 0.2) is 6.61 Å². The molecule has 1 heterocycles. The van der Waals surface area contributed by atoms with Gasteiger partial charge in [-0.15, -0.1) is 0 Å². The fourth-order valence-electron chi connectivity index (χ4n) is 3.26. The van der Waals surface area contributed by atoms with E-state index in [-0.39, 0.29) is 26.2 Å². The molecule has 1 aliphatic rings. The van der Waals surface area contributed by atoms with E-state index in [2.05, 4.69) is 5.32 Å². The zero-order valence-electron chi connectivity index (χ0n) is 16.9. The topological polar surface area (TPSA) is 92.8 Å². The van der Waals surface area contributed by atoms with E-state index in [0.29, 0.717) is 18.7 Å². The van der Waals surface area contributed by atoms with Crippen molar-refractivity contribution < 1.29 is 22.7 Å². The number of carbonyl (C=O) groups is 2.